The minimum atomic E-state index is -3.92. The normalized spacial score (nSPS) is 11.8. The topological polar surface area (TPSA) is 130 Å². The van der Waals surface area contributed by atoms with Crippen LogP contribution in [0.4, 0.5) is 5.95 Å². The molecule has 0 spiro atoms. The molecule has 20 heavy (non-hydrogen) atoms. The van der Waals surface area contributed by atoms with Crippen molar-refractivity contribution in [1.29, 1.82) is 0 Å². The molecule has 0 bridgehead atoms. The van der Waals surface area contributed by atoms with Crippen molar-refractivity contribution < 1.29 is 18.3 Å². The zero-order valence-electron chi connectivity index (χ0n) is 10.7. The number of carbonyl (C=O) groups is 1. The Morgan fingerprint density at radius 2 is 2.20 bits per heavy atom. The van der Waals surface area contributed by atoms with E-state index in [-0.39, 0.29) is 22.6 Å². The number of aromatic amines is 1. The number of anilines is 1. The van der Waals surface area contributed by atoms with Gasteiger partial charge in [-0.1, -0.05) is 0 Å². The van der Waals surface area contributed by atoms with Gasteiger partial charge >= 0.3 is 5.97 Å². The van der Waals surface area contributed by atoms with E-state index >= 15 is 0 Å². The Hall–Kier alpha value is -2.36. The number of nitrogens with one attached hydrogen (secondary N) is 2. The van der Waals surface area contributed by atoms with E-state index in [2.05, 4.69) is 19.9 Å². The van der Waals surface area contributed by atoms with Crippen molar-refractivity contribution in [2.75, 3.05) is 4.72 Å². The smallest absolute Gasteiger partial charge is 0.352 e. The first-order chi connectivity index (χ1) is 9.31. The first-order valence-corrected chi connectivity index (χ1v) is 7.13. The van der Waals surface area contributed by atoms with Gasteiger partial charge < -0.3 is 9.67 Å². The molecular weight excluding hydrogens is 286 g/mol. The lowest BCUT2D eigenvalue weighted by Gasteiger charge is -2.09. The van der Waals surface area contributed by atoms with Crippen molar-refractivity contribution in [3.63, 3.8) is 0 Å². The third-order valence-electron chi connectivity index (χ3n) is 2.56. The van der Waals surface area contributed by atoms with Gasteiger partial charge in [-0.25, -0.2) is 23.0 Å². The fraction of sp³-hybridized carbons (Fsp3) is 0.300. The highest BCUT2D eigenvalue weighted by Gasteiger charge is 2.23. The first-order valence-electron chi connectivity index (χ1n) is 5.64. The van der Waals surface area contributed by atoms with E-state index in [4.69, 9.17) is 5.11 Å². The molecule has 0 amide bonds. The van der Waals surface area contributed by atoms with Gasteiger partial charge in [0.25, 0.3) is 10.0 Å². The number of aromatic nitrogens is 4. The van der Waals surface area contributed by atoms with E-state index in [1.54, 1.807) is 13.8 Å². The second-order valence-electron chi connectivity index (χ2n) is 4.31. The zero-order valence-corrected chi connectivity index (χ0v) is 11.5. The molecular formula is C10H13N5O4S. The van der Waals surface area contributed by atoms with Gasteiger partial charge in [0, 0.05) is 12.2 Å². The van der Waals surface area contributed by atoms with Crippen LogP contribution in [0.2, 0.25) is 0 Å². The molecule has 0 fully saturated rings. The molecule has 0 saturated heterocycles. The van der Waals surface area contributed by atoms with Gasteiger partial charge in [0.2, 0.25) is 5.95 Å². The summed E-state index contributed by atoms with van der Waals surface area (Å²) in [6.45, 7) is 3.51. The van der Waals surface area contributed by atoms with Gasteiger partial charge in [-0.2, -0.15) is 10.1 Å². The average Bonchev–Trinajstić information content (AvgIpc) is 2.95. The number of carboxylic acids is 1. The average molecular weight is 299 g/mol. The SMILES string of the molecule is CC(C)n1cc(S(=O)(=O)Nc2ncn[nH]2)cc1C(=O)O. The number of aromatic carboxylic acids is 1. The Morgan fingerprint density at radius 3 is 2.65 bits per heavy atom. The number of rotatable bonds is 5. The lowest BCUT2D eigenvalue weighted by molar-refractivity contribution is 0.0683. The van der Waals surface area contributed by atoms with E-state index in [0.717, 1.165) is 12.4 Å². The van der Waals surface area contributed by atoms with Crippen LogP contribution in [0.25, 0.3) is 0 Å². The molecule has 0 aliphatic rings. The molecule has 0 aliphatic heterocycles. The Morgan fingerprint density at radius 1 is 1.50 bits per heavy atom. The van der Waals surface area contributed by atoms with Crippen LogP contribution < -0.4 is 4.72 Å². The predicted molar refractivity (Wildman–Crippen MR) is 69.0 cm³/mol. The van der Waals surface area contributed by atoms with Crippen molar-refractivity contribution in [3.05, 3.63) is 24.3 Å². The van der Waals surface area contributed by atoms with E-state index in [0.29, 0.717) is 0 Å². The monoisotopic (exact) mass is 299 g/mol. The second-order valence-corrected chi connectivity index (χ2v) is 5.99. The molecule has 2 aromatic heterocycles. The van der Waals surface area contributed by atoms with Gasteiger partial charge in [-0.15, -0.1) is 0 Å². The number of sulfonamides is 1. The molecule has 2 heterocycles. The Labute approximate surface area is 114 Å². The van der Waals surface area contributed by atoms with E-state index in [1.165, 1.54) is 10.8 Å². The van der Waals surface area contributed by atoms with Crippen LogP contribution in [0, 0.1) is 0 Å². The van der Waals surface area contributed by atoms with E-state index in [9.17, 15) is 13.2 Å². The summed E-state index contributed by atoms with van der Waals surface area (Å²) in [6, 6.07) is 0.913. The van der Waals surface area contributed by atoms with Crippen LogP contribution in [0.1, 0.15) is 30.4 Å². The third-order valence-corrected chi connectivity index (χ3v) is 3.86. The number of H-pyrrole nitrogens is 1. The maximum atomic E-state index is 12.1. The van der Waals surface area contributed by atoms with Crippen LogP contribution in [-0.2, 0) is 10.0 Å². The highest BCUT2D eigenvalue weighted by atomic mass is 32.2. The largest absolute Gasteiger partial charge is 0.477 e. The molecule has 10 heteroatoms. The molecule has 2 aromatic rings. The number of hydrogen-bond donors (Lipinski definition) is 3. The van der Waals surface area contributed by atoms with Crippen molar-refractivity contribution in [2.45, 2.75) is 24.8 Å². The lowest BCUT2D eigenvalue weighted by atomic mass is 10.3. The molecule has 0 radical (unpaired) electrons. The molecule has 3 N–H and O–H groups in total. The summed E-state index contributed by atoms with van der Waals surface area (Å²) in [4.78, 5) is 14.6. The van der Waals surface area contributed by atoms with Gasteiger partial charge in [0.1, 0.15) is 16.9 Å². The summed E-state index contributed by atoms with van der Waals surface area (Å²) in [5, 5.41) is 15.0. The lowest BCUT2D eigenvalue weighted by Crippen LogP contribution is -2.13. The van der Waals surface area contributed by atoms with Crippen LogP contribution in [0.5, 0.6) is 0 Å². The van der Waals surface area contributed by atoms with Gasteiger partial charge in [0.15, 0.2) is 0 Å². The van der Waals surface area contributed by atoms with Crippen LogP contribution in [0.3, 0.4) is 0 Å². The fourth-order valence-corrected chi connectivity index (χ4v) is 2.63. The van der Waals surface area contributed by atoms with Crippen LogP contribution >= 0.6 is 0 Å². The summed E-state index contributed by atoms with van der Waals surface area (Å²) in [6.07, 6.45) is 2.42. The van der Waals surface area contributed by atoms with E-state index in [1.807, 2.05) is 0 Å². The second kappa shape index (κ2) is 4.96. The number of hydrogen-bond acceptors (Lipinski definition) is 5. The molecule has 2 rings (SSSR count). The first kappa shape index (κ1) is 14.1. The summed E-state index contributed by atoms with van der Waals surface area (Å²) in [7, 11) is -3.92. The summed E-state index contributed by atoms with van der Waals surface area (Å²) < 4.78 is 27.8. The van der Waals surface area contributed by atoms with Crippen molar-refractivity contribution in [2.24, 2.45) is 0 Å². The Bertz CT molecular complexity index is 717. The molecule has 108 valence electrons. The van der Waals surface area contributed by atoms with Crippen molar-refractivity contribution in [3.8, 4) is 0 Å². The van der Waals surface area contributed by atoms with Gasteiger partial charge in [0.05, 0.1) is 0 Å². The summed E-state index contributed by atoms with van der Waals surface area (Å²) in [5.41, 5.74) is -0.0991. The summed E-state index contributed by atoms with van der Waals surface area (Å²) in [5.74, 6) is -1.24. The van der Waals surface area contributed by atoms with Crippen LogP contribution in [-0.4, -0.2) is 39.2 Å². The highest BCUT2D eigenvalue weighted by Crippen LogP contribution is 2.20. The minimum absolute atomic E-state index is 0.0424. The summed E-state index contributed by atoms with van der Waals surface area (Å²) >= 11 is 0. The predicted octanol–water partition coefficient (Wildman–Crippen LogP) is 0.686. The van der Waals surface area contributed by atoms with Crippen molar-refractivity contribution in [1.82, 2.24) is 19.7 Å². The zero-order chi connectivity index (χ0) is 14.9. The number of nitrogens with zero attached hydrogens (tertiary/aromatic N) is 3. The van der Waals surface area contributed by atoms with Gasteiger partial charge in [-0.3, -0.25) is 0 Å². The Balaban J connectivity index is 2.42. The molecule has 0 saturated carbocycles. The maximum Gasteiger partial charge on any atom is 0.352 e. The van der Waals surface area contributed by atoms with Crippen molar-refractivity contribution >= 4 is 21.9 Å². The number of carboxylic acid groups (broad SMARTS) is 1. The highest BCUT2D eigenvalue weighted by molar-refractivity contribution is 7.92. The molecule has 0 atom stereocenters. The molecule has 9 nitrogen and oxygen atoms in total. The maximum absolute atomic E-state index is 12.1. The van der Waals surface area contributed by atoms with Gasteiger partial charge in [-0.05, 0) is 19.9 Å². The quantitative estimate of drug-likeness (QED) is 0.744. The molecule has 0 aliphatic carbocycles. The third kappa shape index (κ3) is 2.64. The standard InChI is InChI=1S/C10H13N5O4S/c1-6(2)15-4-7(3-8(15)9(16)17)20(18,19)14-10-11-5-12-13-10/h3-6H,1-2H3,(H,16,17)(H2,11,12,13,14). The Kier molecular flexibility index (Phi) is 3.49. The fourth-order valence-electron chi connectivity index (χ4n) is 1.64. The van der Waals surface area contributed by atoms with Crippen LogP contribution in [0.15, 0.2) is 23.5 Å². The molecule has 0 unspecified atom stereocenters. The molecule has 0 aromatic carbocycles. The van der Waals surface area contributed by atoms with E-state index < -0.39 is 16.0 Å². The minimum Gasteiger partial charge on any atom is -0.477 e.